The number of hydrogen-bond acceptors (Lipinski definition) is 4. The van der Waals surface area contributed by atoms with E-state index in [4.69, 9.17) is 10.2 Å². The lowest BCUT2D eigenvalue weighted by Gasteiger charge is -2.20. The molecule has 0 atom stereocenters. The van der Waals surface area contributed by atoms with Gasteiger partial charge in [-0.25, -0.2) is 0 Å². The molecule has 1 rings (SSSR count). The lowest BCUT2D eigenvalue weighted by atomic mass is 10.2. The summed E-state index contributed by atoms with van der Waals surface area (Å²) >= 11 is 0. The van der Waals surface area contributed by atoms with Crippen LogP contribution in [0.4, 0.5) is 5.69 Å². The standard InChI is InChI=1S/C12H16N2O4/c1-13(7-8-15)11(17)12(18)14(2)9-3-5-10(16)6-4-9/h3-6,15-16H,7-8H2,1-2H3. The molecule has 2 amide bonds. The minimum atomic E-state index is -0.698. The second-order valence-electron chi connectivity index (χ2n) is 3.83. The second-order valence-corrected chi connectivity index (χ2v) is 3.83. The molecule has 0 aliphatic carbocycles. The predicted octanol–water partition coefficient (Wildman–Crippen LogP) is -0.194. The van der Waals surface area contributed by atoms with Crippen molar-refractivity contribution in [2.75, 3.05) is 32.1 Å². The number of likely N-dealkylation sites (N-methyl/N-ethyl adjacent to an activating group) is 2. The summed E-state index contributed by atoms with van der Waals surface area (Å²) in [5, 5.41) is 17.8. The molecule has 0 heterocycles. The molecule has 0 aliphatic rings. The summed E-state index contributed by atoms with van der Waals surface area (Å²) in [6.07, 6.45) is 0. The first-order chi connectivity index (χ1) is 8.47. The van der Waals surface area contributed by atoms with Crippen LogP contribution in [-0.2, 0) is 9.59 Å². The van der Waals surface area contributed by atoms with E-state index in [0.717, 1.165) is 4.90 Å². The SMILES string of the molecule is CN(CCO)C(=O)C(=O)N(C)c1ccc(O)cc1. The highest BCUT2D eigenvalue weighted by Gasteiger charge is 2.23. The van der Waals surface area contributed by atoms with Crippen molar-refractivity contribution < 1.29 is 19.8 Å². The van der Waals surface area contributed by atoms with Crippen molar-refractivity contribution in [2.45, 2.75) is 0 Å². The third-order valence-electron chi connectivity index (χ3n) is 2.51. The van der Waals surface area contributed by atoms with Crippen LogP contribution in [0, 0.1) is 0 Å². The van der Waals surface area contributed by atoms with Crippen LogP contribution >= 0.6 is 0 Å². The largest absolute Gasteiger partial charge is 0.508 e. The molecule has 0 saturated heterocycles. The Kier molecular flexibility index (Phi) is 4.67. The van der Waals surface area contributed by atoms with E-state index in [2.05, 4.69) is 0 Å². The fourth-order valence-corrected chi connectivity index (χ4v) is 1.35. The van der Waals surface area contributed by atoms with E-state index in [1.165, 1.54) is 43.3 Å². The Balaban J connectivity index is 2.77. The molecule has 0 radical (unpaired) electrons. The number of aromatic hydroxyl groups is 1. The van der Waals surface area contributed by atoms with E-state index >= 15 is 0 Å². The molecule has 18 heavy (non-hydrogen) atoms. The Bertz CT molecular complexity index is 430. The molecule has 0 aliphatic heterocycles. The summed E-state index contributed by atoms with van der Waals surface area (Å²) in [5.41, 5.74) is 0.503. The summed E-state index contributed by atoms with van der Waals surface area (Å²) in [4.78, 5) is 25.9. The van der Waals surface area contributed by atoms with Crippen LogP contribution in [0.5, 0.6) is 5.75 Å². The van der Waals surface area contributed by atoms with Gasteiger partial charge in [-0.05, 0) is 24.3 Å². The maximum Gasteiger partial charge on any atom is 0.316 e. The van der Waals surface area contributed by atoms with Crippen molar-refractivity contribution in [3.05, 3.63) is 24.3 Å². The van der Waals surface area contributed by atoms with Gasteiger partial charge in [0, 0.05) is 26.3 Å². The van der Waals surface area contributed by atoms with Gasteiger partial charge in [-0.3, -0.25) is 9.59 Å². The summed E-state index contributed by atoms with van der Waals surface area (Å²) in [5.74, 6) is -1.31. The maximum atomic E-state index is 11.8. The normalized spacial score (nSPS) is 9.94. The number of carbonyl (C=O) groups excluding carboxylic acids is 2. The van der Waals surface area contributed by atoms with E-state index in [9.17, 15) is 9.59 Å². The molecule has 2 N–H and O–H groups in total. The molecular weight excluding hydrogens is 236 g/mol. The highest BCUT2D eigenvalue weighted by atomic mass is 16.3. The molecule has 0 saturated carbocycles. The fourth-order valence-electron chi connectivity index (χ4n) is 1.35. The number of phenols is 1. The molecule has 0 unspecified atom stereocenters. The van der Waals surface area contributed by atoms with Crippen molar-refractivity contribution in [2.24, 2.45) is 0 Å². The van der Waals surface area contributed by atoms with Crippen LogP contribution in [0.3, 0.4) is 0 Å². The quantitative estimate of drug-likeness (QED) is 0.730. The van der Waals surface area contributed by atoms with Crippen molar-refractivity contribution >= 4 is 17.5 Å². The van der Waals surface area contributed by atoms with Gasteiger partial charge in [0.15, 0.2) is 0 Å². The van der Waals surface area contributed by atoms with Gasteiger partial charge in [0.2, 0.25) is 0 Å². The van der Waals surface area contributed by atoms with Gasteiger partial charge in [-0.1, -0.05) is 0 Å². The monoisotopic (exact) mass is 252 g/mol. The number of carbonyl (C=O) groups is 2. The van der Waals surface area contributed by atoms with Gasteiger partial charge in [0.05, 0.1) is 6.61 Å². The summed E-state index contributed by atoms with van der Waals surface area (Å²) < 4.78 is 0. The van der Waals surface area contributed by atoms with Crippen molar-refractivity contribution in [3.63, 3.8) is 0 Å². The van der Waals surface area contributed by atoms with Crippen molar-refractivity contribution in [1.29, 1.82) is 0 Å². The van der Waals surface area contributed by atoms with Gasteiger partial charge in [0.25, 0.3) is 0 Å². The zero-order valence-corrected chi connectivity index (χ0v) is 10.3. The summed E-state index contributed by atoms with van der Waals surface area (Å²) in [6.45, 7) is -0.0908. The Hall–Kier alpha value is -2.08. The number of aliphatic hydroxyl groups excluding tert-OH is 1. The third kappa shape index (κ3) is 3.21. The summed E-state index contributed by atoms with van der Waals surface area (Å²) in [7, 11) is 2.92. The molecular formula is C12H16N2O4. The topological polar surface area (TPSA) is 81.1 Å². The number of nitrogens with zero attached hydrogens (tertiary/aromatic N) is 2. The van der Waals surface area contributed by atoms with E-state index in [0.29, 0.717) is 5.69 Å². The first-order valence-electron chi connectivity index (χ1n) is 5.40. The summed E-state index contributed by atoms with van der Waals surface area (Å²) in [6, 6.07) is 5.93. The van der Waals surface area contributed by atoms with Gasteiger partial charge in [0.1, 0.15) is 5.75 Å². The zero-order valence-electron chi connectivity index (χ0n) is 10.3. The van der Waals surface area contributed by atoms with Crippen LogP contribution in [0.25, 0.3) is 0 Å². The Morgan fingerprint density at radius 1 is 1.11 bits per heavy atom. The van der Waals surface area contributed by atoms with Crippen LogP contribution in [-0.4, -0.2) is 54.2 Å². The molecule has 1 aromatic carbocycles. The number of rotatable bonds is 3. The molecule has 0 spiro atoms. The van der Waals surface area contributed by atoms with Gasteiger partial charge >= 0.3 is 11.8 Å². The van der Waals surface area contributed by atoms with Crippen molar-refractivity contribution in [1.82, 2.24) is 4.90 Å². The first-order valence-corrected chi connectivity index (χ1v) is 5.40. The molecule has 6 heteroatoms. The van der Waals surface area contributed by atoms with Gasteiger partial charge in [-0.2, -0.15) is 0 Å². The zero-order chi connectivity index (χ0) is 13.7. The van der Waals surface area contributed by atoms with E-state index in [-0.39, 0.29) is 18.9 Å². The minimum absolute atomic E-state index is 0.0864. The number of aliphatic hydroxyl groups is 1. The highest BCUT2D eigenvalue weighted by molar-refractivity contribution is 6.40. The molecule has 0 bridgehead atoms. The third-order valence-corrected chi connectivity index (χ3v) is 2.51. The van der Waals surface area contributed by atoms with Gasteiger partial charge in [-0.15, -0.1) is 0 Å². The molecule has 6 nitrogen and oxygen atoms in total. The van der Waals surface area contributed by atoms with Gasteiger partial charge < -0.3 is 20.0 Å². The number of benzene rings is 1. The van der Waals surface area contributed by atoms with Crippen LogP contribution in [0.1, 0.15) is 0 Å². The molecule has 98 valence electrons. The predicted molar refractivity (Wildman–Crippen MR) is 66.2 cm³/mol. The maximum absolute atomic E-state index is 11.8. The number of amides is 2. The number of phenolic OH excluding ortho intramolecular Hbond substituents is 1. The van der Waals surface area contributed by atoms with E-state index < -0.39 is 11.8 Å². The average molecular weight is 252 g/mol. The Morgan fingerprint density at radius 2 is 1.67 bits per heavy atom. The smallest absolute Gasteiger partial charge is 0.316 e. The lowest BCUT2D eigenvalue weighted by molar-refractivity contribution is -0.143. The lowest BCUT2D eigenvalue weighted by Crippen LogP contribution is -2.43. The van der Waals surface area contributed by atoms with Crippen LogP contribution in [0.15, 0.2) is 24.3 Å². The van der Waals surface area contributed by atoms with Crippen LogP contribution < -0.4 is 4.90 Å². The van der Waals surface area contributed by atoms with Crippen LogP contribution in [0.2, 0.25) is 0 Å². The minimum Gasteiger partial charge on any atom is -0.508 e. The Morgan fingerprint density at radius 3 is 2.17 bits per heavy atom. The van der Waals surface area contributed by atoms with Crippen molar-refractivity contribution in [3.8, 4) is 5.75 Å². The fraction of sp³-hybridized carbons (Fsp3) is 0.333. The molecule has 0 aromatic heterocycles. The molecule has 1 aromatic rings. The Labute approximate surface area is 105 Å². The van der Waals surface area contributed by atoms with E-state index in [1.807, 2.05) is 0 Å². The first kappa shape index (κ1) is 14.0. The number of anilines is 1. The average Bonchev–Trinajstić information content (AvgIpc) is 2.37. The van der Waals surface area contributed by atoms with E-state index in [1.54, 1.807) is 0 Å². The number of hydrogen-bond donors (Lipinski definition) is 2. The second kappa shape index (κ2) is 6.02. The highest BCUT2D eigenvalue weighted by Crippen LogP contribution is 2.17. The molecule has 0 fully saturated rings.